The second-order valence-corrected chi connectivity index (χ2v) is 2.30. The Morgan fingerprint density at radius 2 is 2.33 bits per heavy atom. The summed E-state index contributed by atoms with van der Waals surface area (Å²) in [7, 11) is 0. The van der Waals surface area contributed by atoms with Crippen LogP contribution in [0.5, 0.6) is 0 Å². The van der Waals surface area contributed by atoms with E-state index in [-0.39, 0.29) is 5.76 Å². The molecule has 0 amide bonds. The first kappa shape index (κ1) is 8.93. The van der Waals surface area contributed by atoms with E-state index in [4.69, 9.17) is 5.11 Å². The zero-order valence-electron chi connectivity index (χ0n) is 6.21. The Kier molecular flexibility index (Phi) is 2.28. The highest BCUT2D eigenvalue weighted by molar-refractivity contribution is 5.09. The van der Waals surface area contributed by atoms with E-state index in [0.717, 1.165) is 0 Å². The first-order chi connectivity index (χ1) is 5.58. The molecule has 0 saturated heterocycles. The van der Waals surface area contributed by atoms with Crippen molar-refractivity contribution in [2.75, 3.05) is 0 Å². The van der Waals surface area contributed by atoms with Gasteiger partial charge < -0.3 is 9.52 Å². The van der Waals surface area contributed by atoms with Gasteiger partial charge >= 0.3 is 0 Å². The first-order valence-electron chi connectivity index (χ1n) is 3.31. The van der Waals surface area contributed by atoms with E-state index in [9.17, 15) is 8.78 Å². The fourth-order valence-corrected chi connectivity index (χ4v) is 0.748. The van der Waals surface area contributed by atoms with Gasteiger partial charge in [-0.2, -0.15) is 8.78 Å². The number of hydrogen-bond donors (Lipinski definition) is 1. The van der Waals surface area contributed by atoms with Crippen LogP contribution in [0.4, 0.5) is 8.78 Å². The number of aliphatic hydroxyl groups excluding tert-OH is 1. The van der Waals surface area contributed by atoms with Crippen molar-refractivity contribution in [1.82, 2.24) is 0 Å². The van der Waals surface area contributed by atoms with E-state index in [1.165, 1.54) is 18.4 Å². The van der Waals surface area contributed by atoms with Crippen LogP contribution in [-0.4, -0.2) is 11.0 Å². The summed E-state index contributed by atoms with van der Waals surface area (Å²) in [6.45, 7) is 2.91. The molecule has 1 aromatic rings. The van der Waals surface area contributed by atoms with E-state index in [2.05, 4.69) is 11.0 Å². The predicted molar refractivity (Wildman–Crippen MR) is 38.8 cm³/mol. The van der Waals surface area contributed by atoms with E-state index >= 15 is 0 Å². The minimum atomic E-state index is -3.35. The van der Waals surface area contributed by atoms with Crippen LogP contribution < -0.4 is 0 Å². The van der Waals surface area contributed by atoms with Crippen LogP contribution in [0, 0.1) is 0 Å². The van der Waals surface area contributed by atoms with Crippen LogP contribution in [0.25, 0.3) is 0 Å². The lowest BCUT2D eigenvalue weighted by molar-refractivity contribution is -0.0802. The van der Waals surface area contributed by atoms with Gasteiger partial charge in [-0.05, 0) is 18.2 Å². The molecule has 0 aliphatic heterocycles. The maximum atomic E-state index is 12.7. The molecule has 1 rings (SSSR count). The molecule has 0 fully saturated rings. The van der Waals surface area contributed by atoms with E-state index < -0.39 is 12.0 Å². The maximum absolute atomic E-state index is 12.7. The number of alkyl halides is 2. The first-order valence-corrected chi connectivity index (χ1v) is 3.31. The van der Waals surface area contributed by atoms with Gasteiger partial charge in [0.15, 0.2) is 6.10 Å². The van der Waals surface area contributed by atoms with Crippen LogP contribution in [0.2, 0.25) is 0 Å². The third-order valence-corrected chi connectivity index (χ3v) is 1.45. The Morgan fingerprint density at radius 1 is 1.67 bits per heavy atom. The van der Waals surface area contributed by atoms with Gasteiger partial charge in [0.2, 0.25) is 0 Å². The monoisotopic (exact) mass is 174 g/mol. The van der Waals surface area contributed by atoms with Gasteiger partial charge in [0, 0.05) is 0 Å². The number of hydrogen-bond acceptors (Lipinski definition) is 2. The number of rotatable bonds is 3. The Bertz CT molecular complexity index is 254. The van der Waals surface area contributed by atoms with Gasteiger partial charge in [0.1, 0.15) is 5.76 Å². The molecule has 0 bridgehead atoms. The summed E-state index contributed by atoms with van der Waals surface area (Å²) in [4.78, 5) is 0. The number of aliphatic hydroxyl groups is 1. The molecule has 0 aromatic carbocycles. The minimum absolute atomic E-state index is 0.167. The second-order valence-electron chi connectivity index (χ2n) is 2.30. The highest BCUT2D eigenvalue weighted by Crippen LogP contribution is 2.31. The zero-order valence-corrected chi connectivity index (χ0v) is 6.21. The Balaban J connectivity index is 2.85. The fraction of sp³-hybridized carbons (Fsp3) is 0.250. The van der Waals surface area contributed by atoms with E-state index in [0.29, 0.717) is 6.08 Å². The molecule has 0 saturated carbocycles. The van der Waals surface area contributed by atoms with Crippen molar-refractivity contribution in [3.8, 4) is 0 Å². The summed E-state index contributed by atoms with van der Waals surface area (Å²) >= 11 is 0. The normalized spacial score (nSPS) is 14.2. The van der Waals surface area contributed by atoms with Crippen molar-refractivity contribution < 1.29 is 18.3 Å². The van der Waals surface area contributed by atoms with Gasteiger partial charge in [0.05, 0.1) is 6.26 Å². The molecule has 0 radical (unpaired) electrons. The summed E-state index contributed by atoms with van der Waals surface area (Å²) in [5.74, 6) is -3.52. The van der Waals surface area contributed by atoms with Gasteiger partial charge in [-0.1, -0.05) is 6.58 Å². The minimum Gasteiger partial charge on any atom is -0.466 e. The second kappa shape index (κ2) is 3.06. The molecule has 2 nitrogen and oxygen atoms in total. The molecule has 1 atom stereocenters. The van der Waals surface area contributed by atoms with Crippen LogP contribution in [0.1, 0.15) is 11.9 Å². The van der Waals surface area contributed by atoms with Crippen molar-refractivity contribution in [1.29, 1.82) is 0 Å². The van der Waals surface area contributed by atoms with Gasteiger partial charge in [0.25, 0.3) is 5.92 Å². The highest BCUT2D eigenvalue weighted by atomic mass is 19.3. The zero-order chi connectivity index (χ0) is 9.19. The molecular weight excluding hydrogens is 166 g/mol. The molecule has 0 unspecified atom stereocenters. The lowest BCUT2D eigenvalue weighted by Gasteiger charge is -2.16. The molecular formula is C8H8F2O2. The van der Waals surface area contributed by atoms with Crippen molar-refractivity contribution in [2.24, 2.45) is 0 Å². The summed E-state index contributed by atoms with van der Waals surface area (Å²) in [5, 5.41) is 9.02. The molecule has 0 aliphatic carbocycles. The van der Waals surface area contributed by atoms with Crippen LogP contribution in [-0.2, 0) is 0 Å². The molecule has 1 heterocycles. The Labute approximate surface area is 68.1 Å². The quantitative estimate of drug-likeness (QED) is 0.712. The standard InChI is InChI=1S/C8H8F2O2/c1-2-8(9,10)7(11)6-4-3-5-12-6/h2-5,7,11H,1H2/t7-/m1/s1. The van der Waals surface area contributed by atoms with Crippen molar-refractivity contribution in [3.05, 3.63) is 36.8 Å². The number of furan rings is 1. The fourth-order valence-electron chi connectivity index (χ4n) is 0.748. The Morgan fingerprint density at radius 3 is 2.75 bits per heavy atom. The molecule has 1 aromatic heterocycles. The summed E-state index contributed by atoms with van der Waals surface area (Å²) in [6, 6.07) is 2.71. The molecule has 4 heteroatoms. The van der Waals surface area contributed by atoms with Crippen molar-refractivity contribution >= 4 is 0 Å². The Hall–Kier alpha value is -1.16. The van der Waals surface area contributed by atoms with E-state index in [1.807, 2.05) is 0 Å². The molecule has 0 aliphatic rings. The summed E-state index contributed by atoms with van der Waals surface area (Å²) in [6.07, 6.45) is -0.345. The average Bonchev–Trinajstić information content (AvgIpc) is 2.55. The number of halogens is 2. The highest BCUT2D eigenvalue weighted by Gasteiger charge is 2.37. The molecule has 12 heavy (non-hydrogen) atoms. The third kappa shape index (κ3) is 1.53. The molecule has 66 valence electrons. The molecule has 1 N–H and O–H groups in total. The van der Waals surface area contributed by atoms with E-state index in [1.54, 1.807) is 0 Å². The lowest BCUT2D eigenvalue weighted by atomic mass is 10.1. The third-order valence-electron chi connectivity index (χ3n) is 1.45. The van der Waals surface area contributed by atoms with Crippen LogP contribution >= 0.6 is 0 Å². The lowest BCUT2D eigenvalue weighted by Crippen LogP contribution is -2.22. The van der Waals surface area contributed by atoms with Crippen LogP contribution in [0.3, 0.4) is 0 Å². The van der Waals surface area contributed by atoms with Gasteiger partial charge in [-0.15, -0.1) is 0 Å². The van der Waals surface area contributed by atoms with Crippen LogP contribution in [0.15, 0.2) is 35.5 Å². The van der Waals surface area contributed by atoms with Crippen molar-refractivity contribution in [3.63, 3.8) is 0 Å². The predicted octanol–water partition coefficient (Wildman–Crippen LogP) is 2.13. The topological polar surface area (TPSA) is 33.4 Å². The maximum Gasteiger partial charge on any atom is 0.298 e. The SMILES string of the molecule is C=CC(F)(F)[C@H](O)c1ccco1. The van der Waals surface area contributed by atoms with Gasteiger partial charge in [-0.25, -0.2) is 0 Å². The van der Waals surface area contributed by atoms with Gasteiger partial charge in [-0.3, -0.25) is 0 Å². The summed E-state index contributed by atoms with van der Waals surface area (Å²) < 4.78 is 30.0. The smallest absolute Gasteiger partial charge is 0.298 e. The molecule has 0 spiro atoms. The summed E-state index contributed by atoms with van der Waals surface area (Å²) in [5.41, 5.74) is 0. The van der Waals surface area contributed by atoms with Crippen molar-refractivity contribution in [2.45, 2.75) is 12.0 Å². The average molecular weight is 174 g/mol. The largest absolute Gasteiger partial charge is 0.466 e.